The largest absolute Gasteiger partial charge is 0.464 e. The van der Waals surface area contributed by atoms with Gasteiger partial charge in [-0.2, -0.15) is 22.0 Å². The number of thioether (sulfide) groups is 1. The first-order valence-electron chi connectivity index (χ1n) is 3.10. The molecule has 0 saturated heterocycles. The molecule has 0 bridgehead atoms. The lowest BCUT2D eigenvalue weighted by Crippen LogP contribution is -2.33. The number of hydrogen-bond acceptors (Lipinski definition) is 2. The van der Waals surface area contributed by atoms with Crippen molar-refractivity contribution in [1.29, 1.82) is 0 Å². The van der Waals surface area contributed by atoms with E-state index in [1.165, 1.54) is 0 Å². The zero-order valence-electron chi connectivity index (χ0n) is 6.00. The molecule has 0 radical (unpaired) electrons. The molecule has 0 aliphatic heterocycles. The molecular formula is C5H8F5NS. The summed E-state index contributed by atoms with van der Waals surface area (Å²) < 4.78 is 58.5. The fourth-order valence-electron chi connectivity index (χ4n) is 0.366. The van der Waals surface area contributed by atoms with Gasteiger partial charge in [-0.05, 0) is 13.0 Å². The van der Waals surface area contributed by atoms with Gasteiger partial charge >= 0.3 is 11.4 Å². The molecule has 0 aromatic carbocycles. The maximum absolute atomic E-state index is 12.1. The van der Waals surface area contributed by atoms with Crippen molar-refractivity contribution in [2.75, 3.05) is 12.3 Å². The summed E-state index contributed by atoms with van der Waals surface area (Å²) in [5.41, 5.74) is 4.93. The quantitative estimate of drug-likeness (QED) is 0.567. The highest BCUT2D eigenvalue weighted by molar-refractivity contribution is 8.00. The lowest BCUT2D eigenvalue weighted by atomic mass is 10.5. The predicted octanol–water partition coefficient (Wildman–Crippen LogP) is 2.22. The topological polar surface area (TPSA) is 26.0 Å². The molecule has 0 spiro atoms. The maximum Gasteiger partial charge on any atom is 0.464 e. The van der Waals surface area contributed by atoms with Crippen molar-refractivity contribution in [3.8, 4) is 0 Å². The second-order valence-corrected chi connectivity index (χ2v) is 3.21. The molecule has 1 nitrogen and oxygen atoms in total. The first kappa shape index (κ1) is 12.0. The van der Waals surface area contributed by atoms with Crippen LogP contribution in [0, 0.1) is 0 Å². The highest BCUT2D eigenvalue weighted by Crippen LogP contribution is 2.44. The van der Waals surface area contributed by atoms with E-state index in [1.807, 2.05) is 0 Å². The van der Waals surface area contributed by atoms with E-state index in [-0.39, 0.29) is 18.7 Å². The molecule has 0 fully saturated rings. The van der Waals surface area contributed by atoms with Crippen LogP contribution in [0.15, 0.2) is 0 Å². The molecule has 0 amide bonds. The van der Waals surface area contributed by atoms with Gasteiger partial charge < -0.3 is 5.73 Å². The highest BCUT2D eigenvalue weighted by atomic mass is 32.2. The zero-order valence-corrected chi connectivity index (χ0v) is 6.81. The van der Waals surface area contributed by atoms with Gasteiger partial charge in [-0.25, -0.2) is 0 Å². The molecule has 0 rings (SSSR count). The van der Waals surface area contributed by atoms with Gasteiger partial charge in [-0.3, -0.25) is 0 Å². The van der Waals surface area contributed by atoms with E-state index in [0.717, 1.165) is 0 Å². The van der Waals surface area contributed by atoms with E-state index >= 15 is 0 Å². The van der Waals surface area contributed by atoms with Crippen molar-refractivity contribution < 1.29 is 22.0 Å². The summed E-state index contributed by atoms with van der Waals surface area (Å²) in [4.78, 5) is 0. The highest BCUT2D eigenvalue weighted by Gasteiger charge is 2.57. The molecule has 0 aromatic rings. The van der Waals surface area contributed by atoms with E-state index in [2.05, 4.69) is 0 Å². The van der Waals surface area contributed by atoms with E-state index in [0.29, 0.717) is 0 Å². The SMILES string of the molecule is NCCCSC(F)(F)C(F)(F)F. The molecule has 0 heterocycles. The maximum atomic E-state index is 12.1. The minimum atomic E-state index is -5.47. The Morgan fingerprint density at radius 3 is 1.92 bits per heavy atom. The molecule has 7 heteroatoms. The molecule has 0 atom stereocenters. The van der Waals surface area contributed by atoms with Crippen molar-refractivity contribution in [3.05, 3.63) is 0 Å². The van der Waals surface area contributed by atoms with Crippen LogP contribution in [0.4, 0.5) is 22.0 Å². The first-order chi connectivity index (χ1) is 5.31. The minimum absolute atomic E-state index is 0.112. The van der Waals surface area contributed by atoms with Crippen LogP contribution in [-0.4, -0.2) is 23.7 Å². The first-order valence-corrected chi connectivity index (χ1v) is 4.08. The summed E-state index contributed by atoms with van der Waals surface area (Å²) >= 11 is -0.428. The van der Waals surface area contributed by atoms with E-state index in [9.17, 15) is 22.0 Å². The van der Waals surface area contributed by atoms with Crippen LogP contribution in [0.3, 0.4) is 0 Å². The molecule has 0 aliphatic rings. The Morgan fingerprint density at radius 1 is 1.08 bits per heavy atom. The Labute approximate surface area is 70.5 Å². The Morgan fingerprint density at radius 2 is 1.58 bits per heavy atom. The summed E-state index contributed by atoms with van der Waals surface area (Å²) in [6.45, 7) is 0.112. The smallest absolute Gasteiger partial charge is 0.330 e. The third-order valence-corrected chi connectivity index (χ3v) is 2.05. The number of hydrogen-bond donors (Lipinski definition) is 1. The van der Waals surface area contributed by atoms with Crippen LogP contribution < -0.4 is 5.73 Å². The van der Waals surface area contributed by atoms with Crippen molar-refractivity contribution in [3.63, 3.8) is 0 Å². The molecule has 0 aliphatic carbocycles. The van der Waals surface area contributed by atoms with Crippen molar-refractivity contribution in [1.82, 2.24) is 0 Å². The van der Waals surface area contributed by atoms with E-state index < -0.39 is 23.2 Å². The lowest BCUT2D eigenvalue weighted by molar-refractivity contribution is -0.237. The van der Waals surface area contributed by atoms with Crippen LogP contribution >= 0.6 is 11.8 Å². The number of rotatable bonds is 4. The number of nitrogens with two attached hydrogens (primary N) is 1. The van der Waals surface area contributed by atoms with Crippen molar-refractivity contribution in [2.24, 2.45) is 5.73 Å². The predicted molar refractivity (Wildman–Crippen MR) is 37.1 cm³/mol. The molecular weight excluding hydrogens is 201 g/mol. The van der Waals surface area contributed by atoms with Crippen LogP contribution in [0.25, 0.3) is 0 Å². The monoisotopic (exact) mass is 209 g/mol. The Kier molecular flexibility index (Phi) is 4.25. The van der Waals surface area contributed by atoms with Gasteiger partial charge in [0.15, 0.2) is 0 Å². The second kappa shape index (κ2) is 4.27. The number of halogens is 5. The summed E-state index contributed by atoms with van der Waals surface area (Å²) in [5.74, 6) is -0.289. The van der Waals surface area contributed by atoms with E-state index in [1.54, 1.807) is 0 Å². The Bertz CT molecular complexity index is 134. The van der Waals surface area contributed by atoms with Gasteiger partial charge in [0.1, 0.15) is 0 Å². The standard InChI is InChI=1S/C5H8F5NS/c6-4(7,8)5(9,10)12-3-1-2-11/h1-3,11H2. The lowest BCUT2D eigenvalue weighted by Gasteiger charge is -2.18. The zero-order chi connectivity index (χ0) is 9.83. The van der Waals surface area contributed by atoms with E-state index in [4.69, 9.17) is 5.73 Å². The Hall–Kier alpha value is -0.0400. The third kappa shape index (κ3) is 3.57. The minimum Gasteiger partial charge on any atom is -0.330 e. The van der Waals surface area contributed by atoms with Crippen molar-refractivity contribution >= 4 is 11.8 Å². The summed E-state index contributed by atoms with van der Waals surface area (Å²) in [5, 5.41) is -4.65. The molecule has 2 N–H and O–H groups in total. The molecule has 0 aromatic heterocycles. The average molecular weight is 209 g/mol. The normalized spacial score (nSPS) is 13.5. The number of alkyl halides is 5. The van der Waals surface area contributed by atoms with Crippen LogP contribution in [0.5, 0.6) is 0 Å². The summed E-state index contributed by atoms with van der Waals surface area (Å²) in [6.07, 6.45) is -5.32. The molecule has 74 valence electrons. The van der Waals surface area contributed by atoms with Gasteiger partial charge in [0.2, 0.25) is 0 Å². The van der Waals surface area contributed by atoms with Crippen LogP contribution in [0.2, 0.25) is 0 Å². The van der Waals surface area contributed by atoms with Crippen molar-refractivity contribution in [2.45, 2.75) is 17.9 Å². The third-order valence-electron chi connectivity index (χ3n) is 0.962. The summed E-state index contributed by atoms with van der Waals surface area (Å²) in [6, 6.07) is 0. The average Bonchev–Trinajstić information content (AvgIpc) is 1.85. The van der Waals surface area contributed by atoms with Gasteiger partial charge in [0.05, 0.1) is 0 Å². The molecule has 0 unspecified atom stereocenters. The van der Waals surface area contributed by atoms with Crippen LogP contribution in [0.1, 0.15) is 6.42 Å². The second-order valence-electron chi connectivity index (χ2n) is 2.01. The van der Waals surface area contributed by atoms with Gasteiger partial charge in [0.25, 0.3) is 0 Å². The fourth-order valence-corrected chi connectivity index (χ4v) is 1.10. The Balaban J connectivity index is 3.88. The van der Waals surface area contributed by atoms with Crippen LogP contribution in [-0.2, 0) is 0 Å². The summed E-state index contributed by atoms with van der Waals surface area (Å²) in [7, 11) is 0. The fraction of sp³-hybridized carbons (Fsp3) is 1.00. The molecule has 0 saturated carbocycles. The van der Waals surface area contributed by atoms with Gasteiger partial charge in [0, 0.05) is 5.75 Å². The van der Waals surface area contributed by atoms with Gasteiger partial charge in [-0.1, -0.05) is 11.8 Å². The van der Waals surface area contributed by atoms with Gasteiger partial charge in [-0.15, -0.1) is 0 Å². The molecule has 12 heavy (non-hydrogen) atoms.